The van der Waals surface area contributed by atoms with Crippen LogP contribution in [0, 0.1) is 6.92 Å². The largest absolute Gasteiger partial charge is 0.484 e. The van der Waals surface area contributed by atoms with E-state index >= 15 is 0 Å². The lowest BCUT2D eigenvalue weighted by Crippen LogP contribution is -2.26. The molecule has 28 heavy (non-hydrogen) atoms. The summed E-state index contributed by atoms with van der Waals surface area (Å²) in [5, 5.41) is 3.02. The number of carbonyl (C=O) groups is 1. The Hall–Kier alpha value is -3.19. The molecule has 142 valence electrons. The third-order valence-electron chi connectivity index (χ3n) is 4.40. The maximum absolute atomic E-state index is 12.6. The molecule has 6 nitrogen and oxygen atoms in total. The molecule has 0 saturated carbocycles. The molecule has 3 heterocycles. The van der Waals surface area contributed by atoms with Crippen LogP contribution in [0.2, 0.25) is 0 Å². The number of hydrogen-bond acceptors (Lipinski definition) is 6. The molecular formula is C21H19N3O3S. The van der Waals surface area contributed by atoms with Gasteiger partial charge in [0.05, 0.1) is 12.1 Å². The van der Waals surface area contributed by atoms with Gasteiger partial charge in [0.2, 0.25) is 5.89 Å². The average molecular weight is 393 g/mol. The Morgan fingerprint density at radius 3 is 3.00 bits per heavy atom. The summed E-state index contributed by atoms with van der Waals surface area (Å²) < 4.78 is 11.2. The molecule has 0 radical (unpaired) electrons. The van der Waals surface area contributed by atoms with Crippen molar-refractivity contribution in [1.29, 1.82) is 0 Å². The Balaban J connectivity index is 1.39. The molecule has 4 rings (SSSR count). The Morgan fingerprint density at radius 1 is 1.29 bits per heavy atom. The fourth-order valence-electron chi connectivity index (χ4n) is 2.81. The van der Waals surface area contributed by atoms with Crippen LogP contribution in [-0.4, -0.2) is 27.8 Å². The molecular weight excluding hydrogens is 374 g/mol. The van der Waals surface area contributed by atoms with Crippen molar-refractivity contribution in [1.82, 2.24) is 14.9 Å². The highest BCUT2D eigenvalue weighted by atomic mass is 32.1. The van der Waals surface area contributed by atoms with E-state index in [1.165, 1.54) is 11.8 Å². The summed E-state index contributed by atoms with van der Waals surface area (Å²) in [4.78, 5) is 23.9. The second-order valence-corrected chi connectivity index (χ2v) is 7.46. The highest BCUT2D eigenvalue weighted by Crippen LogP contribution is 2.21. The molecule has 3 aromatic heterocycles. The molecule has 0 unspecified atom stereocenters. The number of thiophene rings is 1. The van der Waals surface area contributed by atoms with Gasteiger partial charge in [-0.05, 0) is 48.2 Å². The molecule has 0 atom stereocenters. The smallest absolute Gasteiger partial charge is 0.275 e. The van der Waals surface area contributed by atoms with Gasteiger partial charge in [-0.25, -0.2) is 4.98 Å². The second kappa shape index (κ2) is 7.82. The summed E-state index contributed by atoms with van der Waals surface area (Å²) >= 11 is 1.64. The Morgan fingerprint density at radius 2 is 2.18 bits per heavy atom. The van der Waals surface area contributed by atoms with Gasteiger partial charge in [0.1, 0.15) is 12.0 Å². The van der Waals surface area contributed by atoms with Crippen LogP contribution >= 0.6 is 11.3 Å². The monoisotopic (exact) mass is 393 g/mol. The van der Waals surface area contributed by atoms with E-state index in [1.54, 1.807) is 29.5 Å². The van der Waals surface area contributed by atoms with Crippen molar-refractivity contribution >= 4 is 28.1 Å². The van der Waals surface area contributed by atoms with E-state index in [4.69, 9.17) is 9.15 Å². The van der Waals surface area contributed by atoms with E-state index < -0.39 is 0 Å². The van der Waals surface area contributed by atoms with Gasteiger partial charge in [-0.3, -0.25) is 9.78 Å². The van der Waals surface area contributed by atoms with E-state index in [0.29, 0.717) is 18.2 Å². The van der Waals surface area contributed by atoms with E-state index in [2.05, 4.69) is 9.97 Å². The molecule has 4 aromatic rings. The van der Waals surface area contributed by atoms with Crippen LogP contribution in [0.4, 0.5) is 0 Å². The van der Waals surface area contributed by atoms with Gasteiger partial charge < -0.3 is 14.1 Å². The Labute approximate surface area is 166 Å². The standard InChI is InChI=1S/C21H19N3O3S/c1-14-7-9-28-19(14)11-24(2)21(25)18-12-27-20(23-18)13-26-16-5-6-17-15(10-16)4-3-8-22-17/h3-10,12H,11,13H2,1-2H3. The summed E-state index contributed by atoms with van der Waals surface area (Å²) in [6.07, 6.45) is 3.13. The summed E-state index contributed by atoms with van der Waals surface area (Å²) in [5.74, 6) is 0.867. The van der Waals surface area contributed by atoms with Crippen molar-refractivity contribution in [2.24, 2.45) is 0 Å². The number of hydrogen-bond donors (Lipinski definition) is 0. The highest BCUT2D eigenvalue weighted by molar-refractivity contribution is 7.10. The van der Waals surface area contributed by atoms with Crippen molar-refractivity contribution in [3.8, 4) is 5.75 Å². The number of nitrogens with zero attached hydrogens (tertiary/aromatic N) is 3. The van der Waals surface area contributed by atoms with Gasteiger partial charge in [-0.15, -0.1) is 11.3 Å². The summed E-state index contributed by atoms with van der Waals surface area (Å²) in [7, 11) is 1.76. The number of carbonyl (C=O) groups excluding carboxylic acids is 1. The van der Waals surface area contributed by atoms with Gasteiger partial charge in [0.15, 0.2) is 12.3 Å². The third kappa shape index (κ3) is 3.89. The zero-order valence-electron chi connectivity index (χ0n) is 15.6. The van der Waals surface area contributed by atoms with Crippen molar-refractivity contribution in [2.75, 3.05) is 7.05 Å². The van der Waals surface area contributed by atoms with Gasteiger partial charge in [0.25, 0.3) is 5.91 Å². The number of aryl methyl sites for hydroxylation is 1. The number of benzene rings is 1. The molecule has 0 aliphatic heterocycles. The molecule has 0 spiro atoms. The first-order valence-corrected chi connectivity index (χ1v) is 9.68. The number of pyridine rings is 1. The number of ether oxygens (including phenoxy) is 1. The SMILES string of the molecule is Cc1ccsc1CN(C)C(=O)c1coc(COc2ccc3ncccc3c2)n1. The third-order valence-corrected chi connectivity index (χ3v) is 5.41. The first-order chi connectivity index (χ1) is 13.6. The lowest BCUT2D eigenvalue weighted by Gasteiger charge is -2.15. The molecule has 1 aromatic carbocycles. The van der Waals surface area contributed by atoms with Gasteiger partial charge in [-0.2, -0.15) is 0 Å². The van der Waals surface area contributed by atoms with Gasteiger partial charge >= 0.3 is 0 Å². The Kier molecular flexibility index (Phi) is 5.08. The zero-order valence-corrected chi connectivity index (χ0v) is 16.4. The quantitative estimate of drug-likeness (QED) is 0.484. The van der Waals surface area contributed by atoms with E-state index in [0.717, 1.165) is 15.8 Å². The number of oxazole rings is 1. The first kappa shape index (κ1) is 18.2. The summed E-state index contributed by atoms with van der Waals surface area (Å²) in [5.41, 5.74) is 2.37. The lowest BCUT2D eigenvalue weighted by atomic mass is 10.2. The summed E-state index contributed by atoms with van der Waals surface area (Å²) in [6, 6.07) is 11.6. The zero-order chi connectivity index (χ0) is 19.5. The predicted octanol–water partition coefficient (Wildman–Crippen LogP) is 4.44. The second-order valence-electron chi connectivity index (χ2n) is 6.46. The fraction of sp³-hybridized carbons (Fsp3) is 0.190. The Bertz CT molecular complexity index is 1120. The topological polar surface area (TPSA) is 68.5 Å². The minimum absolute atomic E-state index is 0.146. The number of rotatable bonds is 6. The van der Waals surface area contributed by atoms with Crippen molar-refractivity contribution in [2.45, 2.75) is 20.1 Å². The van der Waals surface area contributed by atoms with Crippen molar-refractivity contribution in [3.63, 3.8) is 0 Å². The van der Waals surface area contributed by atoms with Gasteiger partial charge in [0, 0.05) is 23.5 Å². The highest BCUT2D eigenvalue weighted by Gasteiger charge is 2.18. The predicted molar refractivity (Wildman–Crippen MR) is 107 cm³/mol. The van der Waals surface area contributed by atoms with E-state index in [9.17, 15) is 4.79 Å². The van der Waals surface area contributed by atoms with Crippen LogP contribution in [0.1, 0.15) is 26.8 Å². The molecule has 1 amide bonds. The number of aromatic nitrogens is 2. The van der Waals surface area contributed by atoms with Crippen LogP contribution in [0.5, 0.6) is 5.75 Å². The minimum atomic E-state index is -0.181. The minimum Gasteiger partial charge on any atom is -0.484 e. The van der Waals surface area contributed by atoms with Gasteiger partial charge in [-0.1, -0.05) is 6.07 Å². The molecule has 0 N–H and O–H groups in total. The molecule has 7 heteroatoms. The van der Waals surface area contributed by atoms with E-state index in [1.807, 2.05) is 48.7 Å². The molecule has 0 bridgehead atoms. The van der Waals surface area contributed by atoms with Crippen molar-refractivity contribution < 1.29 is 13.9 Å². The first-order valence-electron chi connectivity index (χ1n) is 8.80. The number of fused-ring (bicyclic) bond motifs is 1. The lowest BCUT2D eigenvalue weighted by molar-refractivity contribution is 0.0780. The van der Waals surface area contributed by atoms with Crippen LogP contribution in [0.15, 0.2) is 58.7 Å². The van der Waals surface area contributed by atoms with Crippen molar-refractivity contribution in [3.05, 3.63) is 76.3 Å². The molecule has 0 aliphatic carbocycles. The maximum atomic E-state index is 12.6. The van der Waals surface area contributed by atoms with Crippen LogP contribution in [-0.2, 0) is 13.2 Å². The molecule has 0 saturated heterocycles. The average Bonchev–Trinajstić information content (AvgIpc) is 3.35. The maximum Gasteiger partial charge on any atom is 0.275 e. The molecule has 0 fully saturated rings. The summed E-state index contributed by atoms with van der Waals surface area (Å²) in [6.45, 7) is 2.73. The van der Waals surface area contributed by atoms with E-state index in [-0.39, 0.29) is 18.2 Å². The number of amides is 1. The van der Waals surface area contributed by atoms with Crippen LogP contribution < -0.4 is 4.74 Å². The normalized spacial score (nSPS) is 10.9. The van der Waals surface area contributed by atoms with Crippen LogP contribution in [0.25, 0.3) is 10.9 Å². The fourth-order valence-corrected chi connectivity index (χ4v) is 3.77. The molecule has 0 aliphatic rings. The van der Waals surface area contributed by atoms with Crippen LogP contribution in [0.3, 0.4) is 0 Å².